The fourth-order valence-electron chi connectivity index (χ4n) is 2.27. The predicted molar refractivity (Wildman–Crippen MR) is 85.4 cm³/mol. The molecule has 0 aliphatic carbocycles. The number of hydrogen-bond donors (Lipinski definition) is 1. The summed E-state index contributed by atoms with van der Waals surface area (Å²) in [6, 6.07) is 3.84. The SMILES string of the molecule is COC(=O)CCN1CCN(c2ccc(C(N)=S)cn2)CC1. The number of carbonyl (C=O) groups is 1. The van der Waals surface area contributed by atoms with Gasteiger partial charge in [-0.25, -0.2) is 4.98 Å². The van der Waals surface area contributed by atoms with Gasteiger partial charge in [0, 0.05) is 44.5 Å². The molecule has 0 bridgehead atoms. The lowest BCUT2D eigenvalue weighted by molar-refractivity contribution is -0.141. The third-order valence-electron chi connectivity index (χ3n) is 3.59. The van der Waals surface area contributed by atoms with Gasteiger partial charge >= 0.3 is 5.97 Å². The Morgan fingerprint density at radius 3 is 2.62 bits per heavy atom. The lowest BCUT2D eigenvalue weighted by Gasteiger charge is -2.35. The van der Waals surface area contributed by atoms with Crippen LogP contribution in [-0.4, -0.2) is 60.7 Å². The van der Waals surface area contributed by atoms with Crippen LogP contribution in [0.2, 0.25) is 0 Å². The summed E-state index contributed by atoms with van der Waals surface area (Å²) < 4.78 is 4.66. The largest absolute Gasteiger partial charge is 0.469 e. The number of esters is 1. The highest BCUT2D eigenvalue weighted by molar-refractivity contribution is 7.80. The monoisotopic (exact) mass is 308 g/mol. The quantitative estimate of drug-likeness (QED) is 0.623. The summed E-state index contributed by atoms with van der Waals surface area (Å²) in [5, 5.41) is 0. The summed E-state index contributed by atoms with van der Waals surface area (Å²) >= 11 is 4.92. The molecular formula is C14H20N4O2S. The molecule has 1 fully saturated rings. The van der Waals surface area contributed by atoms with Crippen molar-refractivity contribution in [2.24, 2.45) is 5.73 Å². The van der Waals surface area contributed by atoms with Crippen molar-refractivity contribution in [1.29, 1.82) is 0 Å². The van der Waals surface area contributed by atoms with Gasteiger partial charge < -0.3 is 15.4 Å². The van der Waals surface area contributed by atoms with Gasteiger partial charge in [0.25, 0.3) is 0 Å². The van der Waals surface area contributed by atoms with E-state index in [2.05, 4.69) is 19.5 Å². The predicted octanol–water partition coefficient (Wildman–Crippen LogP) is 0.401. The van der Waals surface area contributed by atoms with E-state index >= 15 is 0 Å². The molecule has 0 atom stereocenters. The van der Waals surface area contributed by atoms with Crippen LogP contribution in [0.4, 0.5) is 5.82 Å². The molecule has 2 heterocycles. The second kappa shape index (κ2) is 7.33. The van der Waals surface area contributed by atoms with E-state index in [1.54, 1.807) is 6.20 Å². The van der Waals surface area contributed by atoms with Crippen molar-refractivity contribution < 1.29 is 9.53 Å². The van der Waals surface area contributed by atoms with Gasteiger partial charge in [0.15, 0.2) is 0 Å². The van der Waals surface area contributed by atoms with Gasteiger partial charge in [-0.05, 0) is 12.1 Å². The number of thiocarbonyl (C=S) groups is 1. The highest BCUT2D eigenvalue weighted by Crippen LogP contribution is 2.14. The van der Waals surface area contributed by atoms with Crippen LogP contribution in [0.5, 0.6) is 0 Å². The molecule has 2 N–H and O–H groups in total. The summed E-state index contributed by atoms with van der Waals surface area (Å²) in [5.41, 5.74) is 6.35. The van der Waals surface area contributed by atoms with Gasteiger partial charge in [-0.3, -0.25) is 9.69 Å². The topological polar surface area (TPSA) is 71.7 Å². The Balaban J connectivity index is 1.83. The smallest absolute Gasteiger partial charge is 0.306 e. The van der Waals surface area contributed by atoms with Crippen LogP contribution in [0.15, 0.2) is 18.3 Å². The van der Waals surface area contributed by atoms with Crippen LogP contribution < -0.4 is 10.6 Å². The first kappa shape index (κ1) is 15.7. The number of aromatic nitrogens is 1. The van der Waals surface area contributed by atoms with Crippen molar-refractivity contribution in [3.8, 4) is 0 Å². The molecule has 0 spiro atoms. The molecule has 1 aromatic rings. The van der Waals surface area contributed by atoms with Crippen LogP contribution in [0.1, 0.15) is 12.0 Å². The van der Waals surface area contributed by atoms with E-state index in [9.17, 15) is 4.79 Å². The Kier molecular flexibility index (Phi) is 5.46. The Bertz CT molecular complexity index is 498. The van der Waals surface area contributed by atoms with Gasteiger partial charge in [-0.15, -0.1) is 0 Å². The van der Waals surface area contributed by atoms with Gasteiger partial charge in [0.05, 0.1) is 13.5 Å². The molecule has 1 aliphatic rings. The maximum Gasteiger partial charge on any atom is 0.306 e. The molecule has 1 aromatic heterocycles. The highest BCUT2D eigenvalue weighted by Gasteiger charge is 2.18. The summed E-state index contributed by atoms with van der Waals surface area (Å²) in [6.07, 6.45) is 2.15. The molecule has 1 aliphatic heterocycles. The van der Waals surface area contributed by atoms with Crippen LogP contribution in [0.3, 0.4) is 0 Å². The molecule has 114 valence electrons. The second-order valence-corrected chi connectivity index (χ2v) is 5.36. The Labute approximate surface area is 129 Å². The Morgan fingerprint density at radius 1 is 1.38 bits per heavy atom. The van der Waals surface area contributed by atoms with Crippen molar-refractivity contribution in [1.82, 2.24) is 9.88 Å². The maximum atomic E-state index is 11.1. The Morgan fingerprint density at radius 2 is 2.10 bits per heavy atom. The second-order valence-electron chi connectivity index (χ2n) is 4.92. The van der Waals surface area contributed by atoms with E-state index in [0.29, 0.717) is 11.4 Å². The maximum absolute atomic E-state index is 11.1. The van der Waals surface area contributed by atoms with E-state index in [1.807, 2.05) is 12.1 Å². The number of ether oxygens (including phenoxy) is 1. The molecule has 0 aromatic carbocycles. The molecular weight excluding hydrogens is 288 g/mol. The summed E-state index contributed by atoms with van der Waals surface area (Å²) in [6.45, 7) is 4.35. The standard InChI is InChI=1S/C14H20N4O2S/c1-20-13(19)4-5-17-6-8-18(9-7-17)12-3-2-11(10-16-12)14(15)21/h2-3,10H,4-9H2,1H3,(H2,15,21). The molecule has 0 amide bonds. The number of piperazine rings is 1. The number of carbonyl (C=O) groups excluding carboxylic acids is 1. The first-order valence-corrected chi connectivity index (χ1v) is 7.31. The van der Waals surface area contributed by atoms with Crippen molar-refractivity contribution in [3.05, 3.63) is 23.9 Å². The number of nitrogens with two attached hydrogens (primary N) is 1. The fraction of sp³-hybridized carbons (Fsp3) is 0.500. The highest BCUT2D eigenvalue weighted by atomic mass is 32.1. The van der Waals surface area contributed by atoms with Crippen molar-refractivity contribution in [2.45, 2.75) is 6.42 Å². The minimum atomic E-state index is -0.160. The van der Waals surface area contributed by atoms with Crippen molar-refractivity contribution >= 4 is 29.0 Å². The van der Waals surface area contributed by atoms with Crippen molar-refractivity contribution in [3.63, 3.8) is 0 Å². The Hall–Kier alpha value is -1.73. The number of rotatable bonds is 5. The lowest BCUT2D eigenvalue weighted by Crippen LogP contribution is -2.47. The van der Waals surface area contributed by atoms with Crippen LogP contribution >= 0.6 is 12.2 Å². The average molecular weight is 308 g/mol. The first-order chi connectivity index (χ1) is 10.1. The third kappa shape index (κ3) is 4.37. The van der Waals surface area contributed by atoms with Gasteiger partial charge in [-0.2, -0.15) is 0 Å². The first-order valence-electron chi connectivity index (χ1n) is 6.90. The zero-order valence-electron chi connectivity index (χ0n) is 12.1. The lowest BCUT2D eigenvalue weighted by atomic mass is 10.2. The zero-order valence-corrected chi connectivity index (χ0v) is 12.9. The number of hydrogen-bond acceptors (Lipinski definition) is 6. The number of pyridine rings is 1. The minimum Gasteiger partial charge on any atom is -0.469 e. The molecule has 1 saturated heterocycles. The van der Waals surface area contributed by atoms with E-state index in [-0.39, 0.29) is 5.97 Å². The third-order valence-corrected chi connectivity index (χ3v) is 3.82. The summed E-state index contributed by atoms with van der Waals surface area (Å²) in [5.74, 6) is 0.773. The molecule has 0 unspecified atom stereocenters. The van der Waals surface area contributed by atoms with E-state index in [0.717, 1.165) is 44.1 Å². The zero-order chi connectivity index (χ0) is 15.2. The molecule has 0 saturated carbocycles. The fourth-order valence-corrected chi connectivity index (χ4v) is 2.39. The normalized spacial score (nSPS) is 15.8. The number of methoxy groups -OCH3 is 1. The van der Waals surface area contributed by atoms with Gasteiger partial charge in [0.2, 0.25) is 0 Å². The van der Waals surface area contributed by atoms with Crippen LogP contribution in [0, 0.1) is 0 Å². The molecule has 2 rings (SSSR count). The van der Waals surface area contributed by atoms with E-state index < -0.39 is 0 Å². The molecule has 7 heteroatoms. The van der Waals surface area contributed by atoms with Crippen LogP contribution in [0.25, 0.3) is 0 Å². The number of anilines is 1. The summed E-state index contributed by atoms with van der Waals surface area (Å²) in [7, 11) is 1.42. The van der Waals surface area contributed by atoms with Crippen molar-refractivity contribution in [2.75, 3.05) is 44.7 Å². The number of nitrogens with zero attached hydrogens (tertiary/aromatic N) is 3. The summed E-state index contributed by atoms with van der Waals surface area (Å²) in [4.78, 5) is 20.4. The molecule has 21 heavy (non-hydrogen) atoms. The minimum absolute atomic E-state index is 0.160. The van der Waals surface area contributed by atoms with E-state index in [4.69, 9.17) is 18.0 Å². The van der Waals surface area contributed by atoms with Gasteiger partial charge in [-0.1, -0.05) is 12.2 Å². The van der Waals surface area contributed by atoms with Gasteiger partial charge in [0.1, 0.15) is 10.8 Å². The van der Waals surface area contributed by atoms with E-state index in [1.165, 1.54) is 7.11 Å². The molecule has 0 radical (unpaired) electrons. The average Bonchev–Trinajstić information content (AvgIpc) is 2.53. The molecule has 6 nitrogen and oxygen atoms in total. The van der Waals surface area contributed by atoms with Crippen LogP contribution in [-0.2, 0) is 9.53 Å².